The molecule has 246 valence electrons. The summed E-state index contributed by atoms with van der Waals surface area (Å²) in [7, 11) is 1.54. The monoisotopic (exact) mass is 691 g/mol. The summed E-state index contributed by atoms with van der Waals surface area (Å²) in [6.07, 6.45) is 1.56. The van der Waals surface area contributed by atoms with Gasteiger partial charge in [0.2, 0.25) is 5.91 Å². The number of benzene rings is 5. The van der Waals surface area contributed by atoms with Gasteiger partial charge >= 0.3 is 5.97 Å². The average molecular weight is 692 g/mol. The first-order valence-electron chi connectivity index (χ1n) is 14.9. The topological polar surface area (TPSA) is 134 Å². The molecule has 0 radical (unpaired) electrons. The number of hydrogen-bond donors (Lipinski definition) is 4. The summed E-state index contributed by atoms with van der Waals surface area (Å²) < 4.78 is 5.31. The number of anilines is 2. The highest BCUT2D eigenvalue weighted by atomic mass is 35.5. The standard InChI is InChI=1S/C38H30ClN3O6S/c1-48-29-16-8-10-24(20-29)21-33(42-35(43)26-13-6-3-7-14-26)36(44)40-27-15-9-17-30(22-27)49-34(25-11-4-2-5-12-25)37(45)41-28-18-19-32(39)31(23-28)38(46)47/h2-23,34H,1H3,(H,40,44)(H,41,45)(H,42,43)(H,46,47)/b33-21-. The molecule has 1 unspecified atom stereocenters. The average Bonchev–Trinajstić information content (AvgIpc) is 3.12. The molecular formula is C38H30ClN3O6S. The van der Waals surface area contributed by atoms with Gasteiger partial charge in [0.05, 0.1) is 17.7 Å². The molecule has 0 spiro atoms. The second-order valence-electron chi connectivity index (χ2n) is 10.5. The van der Waals surface area contributed by atoms with Gasteiger partial charge in [0, 0.05) is 21.8 Å². The Morgan fingerprint density at radius 3 is 2.18 bits per heavy atom. The number of carbonyl (C=O) groups excluding carboxylic acids is 3. The van der Waals surface area contributed by atoms with Crippen molar-refractivity contribution in [3.63, 3.8) is 0 Å². The highest BCUT2D eigenvalue weighted by Crippen LogP contribution is 2.37. The number of hydrogen-bond acceptors (Lipinski definition) is 6. The molecule has 5 aromatic carbocycles. The lowest BCUT2D eigenvalue weighted by Gasteiger charge is -2.18. The van der Waals surface area contributed by atoms with Crippen molar-refractivity contribution in [2.75, 3.05) is 17.7 Å². The van der Waals surface area contributed by atoms with Crippen molar-refractivity contribution in [3.05, 3.63) is 160 Å². The number of carbonyl (C=O) groups is 4. The van der Waals surface area contributed by atoms with Crippen LogP contribution in [-0.4, -0.2) is 35.9 Å². The third-order valence-electron chi connectivity index (χ3n) is 7.08. The molecule has 49 heavy (non-hydrogen) atoms. The van der Waals surface area contributed by atoms with Crippen molar-refractivity contribution in [2.45, 2.75) is 10.1 Å². The van der Waals surface area contributed by atoms with E-state index in [4.69, 9.17) is 16.3 Å². The van der Waals surface area contributed by atoms with E-state index in [0.29, 0.717) is 33.0 Å². The smallest absolute Gasteiger partial charge is 0.337 e. The molecule has 0 aromatic heterocycles. The molecule has 9 nitrogen and oxygen atoms in total. The van der Waals surface area contributed by atoms with E-state index in [2.05, 4.69) is 16.0 Å². The Bertz CT molecular complexity index is 2020. The van der Waals surface area contributed by atoms with Crippen LogP contribution in [0.4, 0.5) is 11.4 Å². The van der Waals surface area contributed by atoms with Crippen LogP contribution in [0.2, 0.25) is 5.02 Å². The molecule has 5 rings (SSSR count). The Balaban J connectivity index is 1.39. The summed E-state index contributed by atoms with van der Waals surface area (Å²) >= 11 is 7.26. The summed E-state index contributed by atoms with van der Waals surface area (Å²) in [5, 5.41) is 17.2. The summed E-state index contributed by atoms with van der Waals surface area (Å²) in [5.41, 5.74) is 2.30. The molecule has 1 atom stereocenters. The van der Waals surface area contributed by atoms with Gasteiger partial charge in [-0.05, 0) is 77.9 Å². The maximum Gasteiger partial charge on any atom is 0.337 e. The minimum atomic E-state index is -1.21. The number of halogens is 1. The maximum absolute atomic E-state index is 13.7. The lowest BCUT2D eigenvalue weighted by molar-refractivity contribution is -0.116. The highest BCUT2D eigenvalue weighted by Gasteiger charge is 2.23. The molecule has 0 aliphatic rings. The number of carboxylic acid groups (broad SMARTS) is 1. The molecule has 0 saturated carbocycles. The van der Waals surface area contributed by atoms with Gasteiger partial charge in [0.25, 0.3) is 11.8 Å². The van der Waals surface area contributed by atoms with E-state index in [9.17, 15) is 24.3 Å². The zero-order chi connectivity index (χ0) is 34.8. The van der Waals surface area contributed by atoms with Crippen LogP contribution in [0.15, 0.2) is 138 Å². The van der Waals surface area contributed by atoms with E-state index < -0.39 is 28.9 Å². The van der Waals surface area contributed by atoms with Crippen molar-refractivity contribution in [3.8, 4) is 5.75 Å². The molecule has 0 fully saturated rings. The van der Waals surface area contributed by atoms with E-state index in [-0.39, 0.29) is 22.0 Å². The first-order chi connectivity index (χ1) is 23.7. The predicted octanol–water partition coefficient (Wildman–Crippen LogP) is 7.93. The summed E-state index contributed by atoms with van der Waals surface area (Å²) in [5.74, 6) is -2.04. The molecule has 0 aliphatic carbocycles. The van der Waals surface area contributed by atoms with Crippen LogP contribution >= 0.6 is 23.4 Å². The van der Waals surface area contributed by atoms with Crippen molar-refractivity contribution in [1.82, 2.24) is 5.32 Å². The highest BCUT2D eigenvalue weighted by molar-refractivity contribution is 8.00. The van der Waals surface area contributed by atoms with Crippen LogP contribution in [0.3, 0.4) is 0 Å². The predicted molar refractivity (Wildman–Crippen MR) is 192 cm³/mol. The van der Waals surface area contributed by atoms with Gasteiger partial charge in [0.15, 0.2) is 0 Å². The molecule has 3 amide bonds. The van der Waals surface area contributed by atoms with Crippen LogP contribution in [0.25, 0.3) is 6.08 Å². The van der Waals surface area contributed by atoms with Gasteiger partial charge in [0.1, 0.15) is 16.7 Å². The maximum atomic E-state index is 13.7. The number of rotatable bonds is 12. The van der Waals surface area contributed by atoms with Crippen molar-refractivity contribution in [2.24, 2.45) is 0 Å². The zero-order valence-corrected chi connectivity index (χ0v) is 27.6. The summed E-state index contributed by atoms with van der Waals surface area (Å²) in [4.78, 5) is 52.6. The lowest BCUT2D eigenvalue weighted by Crippen LogP contribution is -2.30. The quantitative estimate of drug-likeness (QED) is 0.0771. The number of thioether (sulfide) groups is 1. The molecule has 0 bridgehead atoms. The minimum absolute atomic E-state index is 0.00500. The molecule has 4 N–H and O–H groups in total. The fraction of sp³-hybridized carbons (Fsp3) is 0.0526. The van der Waals surface area contributed by atoms with Gasteiger partial charge in [-0.15, -0.1) is 11.8 Å². The Hall–Kier alpha value is -5.84. The summed E-state index contributed by atoms with van der Waals surface area (Å²) in [6, 6.07) is 35.9. The minimum Gasteiger partial charge on any atom is -0.497 e. The second kappa shape index (κ2) is 16.3. The van der Waals surface area contributed by atoms with Gasteiger partial charge in [-0.3, -0.25) is 14.4 Å². The van der Waals surface area contributed by atoms with E-state index >= 15 is 0 Å². The third-order valence-corrected chi connectivity index (χ3v) is 8.66. The number of aromatic carboxylic acids is 1. The van der Waals surface area contributed by atoms with Crippen LogP contribution in [0, 0.1) is 0 Å². The van der Waals surface area contributed by atoms with Gasteiger partial charge in [-0.1, -0.05) is 78.3 Å². The van der Waals surface area contributed by atoms with Gasteiger partial charge in [-0.25, -0.2) is 4.79 Å². The second-order valence-corrected chi connectivity index (χ2v) is 12.1. The van der Waals surface area contributed by atoms with Crippen LogP contribution < -0.4 is 20.7 Å². The van der Waals surface area contributed by atoms with Gasteiger partial charge in [-0.2, -0.15) is 0 Å². The Morgan fingerprint density at radius 1 is 0.776 bits per heavy atom. The van der Waals surface area contributed by atoms with E-state index in [0.717, 1.165) is 0 Å². The Morgan fingerprint density at radius 2 is 1.47 bits per heavy atom. The van der Waals surface area contributed by atoms with E-state index in [1.165, 1.54) is 37.1 Å². The van der Waals surface area contributed by atoms with E-state index in [1.807, 2.05) is 30.3 Å². The Labute approximate surface area is 292 Å². The first-order valence-corrected chi connectivity index (χ1v) is 16.1. The number of amides is 3. The fourth-order valence-corrected chi connectivity index (χ4v) is 5.98. The SMILES string of the molecule is COc1cccc(/C=C(\NC(=O)c2ccccc2)C(=O)Nc2cccc(SC(C(=O)Nc3ccc(Cl)c(C(=O)O)c3)c3ccccc3)c2)c1. The Kier molecular flexibility index (Phi) is 11.5. The molecule has 5 aromatic rings. The van der Waals surface area contributed by atoms with Crippen LogP contribution in [-0.2, 0) is 9.59 Å². The van der Waals surface area contributed by atoms with Crippen molar-refractivity contribution in [1.29, 1.82) is 0 Å². The van der Waals surface area contributed by atoms with Crippen molar-refractivity contribution >= 4 is 64.5 Å². The number of ether oxygens (including phenoxy) is 1. The molecular weight excluding hydrogens is 662 g/mol. The first kappa shape index (κ1) is 34.5. The number of nitrogens with one attached hydrogen (secondary N) is 3. The third kappa shape index (κ3) is 9.38. The fourth-order valence-electron chi connectivity index (χ4n) is 4.70. The number of carboxylic acids is 1. The van der Waals surface area contributed by atoms with E-state index in [1.54, 1.807) is 84.9 Å². The van der Waals surface area contributed by atoms with Gasteiger partial charge < -0.3 is 25.8 Å². The molecule has 0 saturated heterocycles. The number of methoxy groups -OCH3 is 1. The van der Waals surface area contributed by atoms with Crippen LogP contribution in [0.5, 0.6) is 5.75 Å². The molecule has 0 aliphatic heterocycles. The van der Waals surface area contributed by atoms with Crippen molar-refractivity contribution < 1.29 is 29.0 Å². The lowest BCUT2D eigenvalue weighted by atomic mass is 10.1. The largest absolute Gasteiger partial charge is 0.497 e. The molecule has 11 heteroatoms. The molecule has 0 heterocycles. The van der Waals surface area contributed by atoms with Crippen LogP contribution in [0.1, 0.15) is 37.1 Å². The normalized spacial score (nSPS) is 11.6. The summed E-state index contributed by atoms with van der Waals surface area (Å²) in [6.45, 7) is 0. The zero-order valence-electron chi connectivity index (χ0n) is 26.1.